The van der Waals surface area contributed by atoms with E-state index in [0.29, 0.717) is 17.9 Å². The Balaban J connectivity index is 1.18. The Morgan fingerprint density at radius 2 is 1.78 bits per heavy atom. The maximum absolute atomic E-state index is 14.9. The van der Waals surface area contributed by atoms with E-state index >= 15 is 0 Å². The van der Waals surface area contributed by atoms with Gasteiger partial charge in [-0.15, -0.1) is 0 Å². The van der Waals surface area contributed by atoms with E-state index in [-0.39, 0.29) is 40.8 Å². The van der Waals surface area contributed by atoms with Crippen molar-refractivity contribution in [3.63, 3.8) is 0 Å². The van der Waals surface area contributed by atoms with E-state index in [0.717, 1.165) is 64.5 Å². The molecule has 9 rings (SSSR count). The zero-order chi connectivity index (χ0) is 38.5. The molecule has 2 aliphatic heterocycles. The molecule has 0 spiro atoms. The Labute approximate surface area is 319 Å². The number of benzene rings is 2. The fourth-order valence-corrected chi connectivity index (χ4v) is 13.3. The normalized spacial score (nSPS) is 36.7. The van der Waals surface area contributed by atoms with Crippen LogP contribution >= 0.6 is 0 Å². The topological polar surface area (TPSA) is 101 Å². The van der Waals surface area contributed by atoms with Crippen molar-refractivity contribution < 1.29 is 24.5 Å². The maximum atomic E-state index is 14.9. The Morgan fingerprint density at radius 3 is 2.48 bits per heavy atom. The van der Waals surface area contributed by atoms with E-state index < -0.39 is 34.9 Å². The van der Waals surface area contributed by atoms with E-state index in [9.17, 15) is 19.8 Å². The molecule has 0 bridgehead atoms. The van der Waals surface area contributed by atoms with Crippen LogP contribution in [0.1, 0.15) is 132 Å². The van der Waals surface area contributed by atoms with Crippen molar-refractivity contribution in [1.82, 2.24) is 4.57 Å². The van der Waals surface area contributed by atoms with E-state index in [4.69, 9.17) is 4.74 Å². The zero-order valence-corrected chi connectivity index (χ0v) is 33.2. The molecule has 6 aliphatic rings. The first-order chi connectivity index (χ1) is 25.4. The summed E-state index contributed by atoms with van der Waals surface area (Å²) in [5.74, 6) is 0.221. The van der Waals surface area contributed by atoms with Crippen LogP contribution in [-0.4, -0.2) is 43.8 Å². The van der Waals surface area contributed by atoms with Crippen LogP contribution in [0.4, 0.5) is 5.69 Å². The van der Waals surface area contributed by atoms with Crippen molar-refractivity contribution in [3.05, 3.63) is 94.7 Å². The molecule has 7 heteroatoms. The predicted octanol–water partition coefficient (Wildman–Crippen LogP) is 9.18. The van der Waals surface area contributed by atoms with Crippen LogP contribution in [0.3, 0.4) is 0 Å². The highest BCUT2D eigenvalue weighted by Crippen LogP contribution is 2.71. The van der Waals surface area contributed by atoms with Gasteiger partial charge in [-0.25, -0.2) is 0 Å². The number of allylic oxidation sites excluding steroid dienone is 1. The highest BCUT2D eigenvalue weighted by atomic mass is 16.5. The van der Waals surface area contributed by atoms with Gasteiger partial charge in [0.25, 0.3) is 0 Å². The molecule has 1 amide bonds. The highest BCUT2D eigenvalue weighted by molar-refractivity contribution is 6.18. The first-order valence-corrected chi connectivity index (χ1v) is 20.1. The van der Waals surface area contributed by atoms with Crippen molar-refractivity contribution in [2.24, 2.45) is 28.6 Å². The van der Waals surface area contributed by atoms with Gasteiger partial charge in [-0.3, -0.25) is 9.59 Å². The Morgan fingerprint density at radius 1 is 1.06 bits per heavy atom. The van der Waals surface area contributed by atoms with Crippen molar-refractivity contribution in [3.8, 4) is 0 Å². The molecule has 3 aromatic rings. The lowest BCUT2D eigenvalue weighted by molar-refractivity contribution is -0.145. The number of nitrogens with one attached hydrogen (secondary N) is 1. The summed E-state index contributed by atoms with van der Waals surface area (Å²) in [6.07, 6.45) is 9.61. The molecule has 0 radical (unpaired) electrons. The molecule has 3 heterocycles. The van der Waals surface area contributed by atoms with Gasteiger partial charge in [-0.2, -0.15) is 0 Å². The molecule has 7 nitrogen and oxygen atoms in total. The lowest BCUT2D eigenvalue weighted by atomic mass is 9.40. The Hall–Kier alpha value is -3.78. The number of Topliss-reactive ketones (excluding diaryl/α,β-unsaturated/α-hetero) is 1. The van der Waals surface area contributed by atoms with Gasteiger partial charge in [0.2, 0.25) is 5.91 Å². The molecule has 0 saturated heterocycles. The molecule has 3 N–H and O–H groups in total. The second-order valence-electron chi connectivity index (χ2n) is 19.3. The smallest absolute Gasteiger partial charge is 0.228 e. The standard InChI is InChI=1S/C47H56N2O5/c1-25(2)38-41(53)36-35-28(31-24-43(3,4)54-44(5,6)37(31)40(35)52)23-29-30-22-26-17-18-32-45(7,20-13-16-34(51)48-27-14-11-10-12-15-27)33(50)19-21-46(32,8)47(26,9)42(30)49(38)39(29)36/h10-15,20,23-24,26,32-33,37-38,40,50,52H,1,16-19,21-22H2,2-9H3,(H,48,51)/b20-13+/t26-,32-,33-,37+,38-,40+,45-,46-,47+/m0/s1. The minimum absolute atomic E-state index is 0.0311. The summed E-state index contributed by atoms with van der Waals surface area (Å²) in [7, 11) is 0. The Kier molecular flexibility index (Phi) is 7.57. The van der Waals surface area contributed by atoms with Crippen molar-refractivity contribution in [2.45, 2.75) is 129 Å². The van der Waals surface area contributed by atoms with E-state index in [2.05, 4.69) is 83.1 Å². The molecule has 2 aromatic carbocycles. The number of para-hydroxylation sites is 1. The number of ketones is 1. The molecule has 4 aliphatic carbocycles. The number of fused-ring (bicyclic) bond motifs is 11. The molecular formula is C47H56N2O5. The maximum Gasteiger partial charge on any atom is 0.228 e. The van der Waals surface area contributed by atoms with Crippen LogP contribution in [0.2, 0.25) is 0 Å². The van der Waals surface area contributed by atoms with E-state index in [1.807, 2.05) is 43.3 Å². The molecule has 9 atom stereocenters. The SMILES string of the molecule is C=C(C)[C@H]1C(=O)c2c3c(cc4c5c(n1c24)[C@@]1(C)[C@@H](CC[C@H]2[C@](C)(/C=C/CC(=O)Nc4ccccc4)[C@@H](O)CC[C@@]21C)C5)C1=CC(C)(C)OC(C)(C)[C@H]1[C@@H]3O. The third-order valence-corrected chi connectivity index (χ3v) is 15.5. The molecular weight excluding hydrogens is 673 g/mol. The molecule has 2 saturated carbocycles. The summed E-state index contributed by atoms with van der Waals surface area (Å²) in [6.45, 7) is 21.7. The highest BCUT2D eigenvalue weighted by Gasteiger charge is 2.67. The number of aliphatic hydroxyl groups excluding tert-OH is 2. The van der Waals surface area contributed by atoms with Crippen molar-refractivity contribution in [1.29, 1.82) is 0 Å². The molecule has 0 unspecified atom stereocenters. The second-order valence-corrected chi connectivity index (χ2v) is 19.3. The van der Waals surface area contributed by atoms with Crippen LogP contribution in [0.5, 0.6) is 0 Å². The number of aromatic nitrogens is 1. The average Bonchev–Trinajstić information content (AvgIpc) is 3.76. The van der Waals surface area contributed by atoms with E-state index in [1.165, 1.54) is 11.3 Å². The quantitative estimate of drug-likeness (QED) is 0.228. The fourth-order valence-electron chi connectivity index (χ4n) is 13.3. The van der Waals surface area contributed by atoms with E-state index in [1.54, 1.807) is 0 Å². The second kappa shape index (κ2) is 11.4. The van der Waals surface area contributed by atoms with Gasteiger partial charge in [0.05, 0.1) is 34.5 Å². The molecule has 284 valence electrons. The summed E-state index contributed by atoms with van der Waals surface area (Å²) in [4.78, 5) is 27.9. The number of carbonyl (C=O) groups excluding carboxylic acids is 2. The number of rotatable bonds is 5. The van der Waals surface area contributed by atoms with Crippen molar-refractivity contribution in [2.75, 3.05) is 5.32 Å². The van der Waals surface area contributed by atoms with Crippen molar-refractivity contribution >= 4 is 33.9 Å². The minimum atomic E-state index is -0.857. The molecule has 2 fully saturated rings. The summed E-state index contributed by atoms with van der Waals surface area (Å²) < 4.78 is 8.90. The summed E-state index contributed by atoms with van der Waals surface area (Å²) >= 11 is 0. The zero-order valence-electron chi connectivity index (χ0n) is 33.2. The lowest BCUT2D eigenvalue weighted by Gasteiger charge is -2.64. The van der Waals surface area contributed by atoms with Gasteiger partial charge in [0.1, 0.15) is 6.04 Å². The number of aliphatic hydroxyl groups is 2. The fraction of sp³-hybridized carbons (Fsp3) is 0.532. The van der Waals surface area contributed by atoms with Gasteiger partial charge >= 0.3 is 0 Å². The summed E-state index contributed by atoms with van der Waals surface area (Å²) in [5, 5.41) is 28.1. The largest absolute Gasteiger partial charge is 0.392 e. The number of hydrogen-bond donors (Lipinski definition) is 3. The predicted molar refractivity (Wildman–Crippen MR) is 213 cm³/mol. The number of carbonyl (C=O) groups is 2. The van der Waals surface area contributed by atoms with Crippen LogP contribution in [0.25, 0.3) is 16.5 Å². The Bertz CT molecular complexity index is 2220. The van der Waals surface area contributed by atoms with Crippen LogP contribution in [0.15, 0.2) is 66.8 Å². The van der Waals surface area contributed by atoms with Gasteiger partial charge in [-0.05, 0) is 125 Å². The summed E-state index contributed by atoms with van der Waals surface area (Å²) in [5.41, 5.74) is 6.48. The molecule has 54 heavy (non-hydrogen) atoms. The number of anilines is 1. The first-order valence-electron chi connectivity index (χ1n) is 20.1. The average molecular weight is 729 g/mol. The monoisotopic (exact) mass is 728 g/mol. The first kappa shape index (κ1) is 35.9. The van der Waals surface area contributed by atoms with Gasteiger partial charge in [0, 0.05) is 45.5 Å². The number of hydrogen-bond acceptors (Lipinski definition) is 5. The third-order valence-electron chi connectivity index (χ3n) is 15.5. The minimum Gasteiger partial charge on any atom is -0.392 e. The number of ether oxygens (including phenoxy) is 1. The van der Waals surface area contributed by atoms with Crippen LogP contribution < -0.4 is 5.32 Å². The number of amides is 1. The number of nitrogens with zero attached hydrogens (tertiary/aromatic N) is 1. The van der Waals surface area contributed by atoms with Gasteiger partial charge in [0.15, 0.2) is 5.78 Å². The third kappa shape index (κ3) is 4.52. The van der Waals surface area contributed by atoms with Gasteiger partial charge < -0.3 is 24.8 Å². The lowest BCUT2D eigenvalue weighted by Crippen LogP contribution is -2.62. The van der Waals surface area contributed by atoms with Crippen LogP contribution in [-0.2, 0) is 21.4 Å². The van der Waals surface area contributed by atoms with Gasteiger partial charge in [-0.1, -0.05) is 63.3 Å². The molecule has 1 aromatic heterocycles. The van der Waals surface area contributed by atoms with Crippen LogP contribution in [0, 0.1) is 28.6 Å². The summed E-state index contributed by atoms with van der Waals surface area (Å²) in [6, 6.07) is 11.3.